The zero-order valence-corrected chi connectivity index (χ0v) is 25.1. The molecular weight excluding hydrogens is 554 g/mol. The zero-order valence-electron chi connectivity index (χ0n) is 25.1. The number of anilines is 3. The van der Waals surface area contributed by atoms with Gasteiger partial charge < -0.3 is 9.47 Å². The van der Waals surface area contributed by atoms with E-state index >= 15 is 0 Å². The zero-order chi connectivity index (χ0) is 30.9. The second kappa shape index (κ2) is 11.6. The fraction of sp³-hybridized carbons (Fsp3) is 0.0500. The highest BCUT2D eigenvalue weighted by atomic mass is 16.2. The molecular formula is C40H31N3O2. The molecule has 0 unspecified atom stereocenters. The van der Waals surface area contributed by atoms with Crippen LogP contribution in [0.4, 0.5) is 17.1 Å². The van der Waals surface area contributed by atoms with E-state index in [1.54, 1.807) is 12.1 Å². The number of carbonyl (C=O) groups is 2. The second-order valence-corrected chi connectivity index (χ2v) is 11.1. The summed E-state index contributed by atoms with van der Waals surface area (Å²) in [6, 6.07) is 48.1. The highest BCUT2D eigenvalue weighted by Crippen LogP contribution is 2.39. The molecule has 0 saturated heterocycles. The number of imide groups is 1. The van der Waals surface area contributed by atoms with Crippen LogP contribution in [0.1, 0.15) is 15.9 Å². The lowest BCUT2D eigenvalue weighted by molar-refractivity contribution is -0.106. The number of benzene rings is 6. The number of para-hydroxylation sites is 4. The molecule has 0 saturated carbocycles. The number of aryl methyl sites for hydroxylation is 1. The molecule has 0 aliphatic rings. The molecule has 0 N–H and O–H groups in total. The molecule has 5 nitrogen and oxygen atoms in total. The molecule has 45 heavy (non-hydrogen) atoms. The Morgan fingerprint density at radius 1 is 0.644 bits per heavy atom. The maximum absolute atomic E-state index is 14.2. The van der Waals surface area contributed by atoms with Gasteiger partial charge in [-0.05, 0) is 90.3 Å². The maximum Gasteiger partial charge on any atom is 0.266 e. The van der Waals surface area contributed by atoms with Crippen molar-refractivity contribution in [2.75, 3.05) is 16.8 Å². The van der Waals surface area contributed by atoms with Crippen LogP contribution in [0, 0.1) is 6.92 Å². The number of fused-ring (bicyclic) bond motifs is 3. The number of nitrogens with zero attached hydrogens (tertiary/aromatic N) is 3. The van der Waals surface area contributed by atoms with Crippen molar-refractivity contribution in [3.63, 3.8) is 0 Å². The quantitative estimate of drug-likeness (QED) is 0.175. The number of hydrogen-bond acceptors (Lipinski definition) is 3. The Hall–Kier alpha value is -5.94. The first kappa shape index (κ1) is 27.9. The third-order valence-electron chi connectivity index (χ3n) is 8.40. The molecule has 0 aliphatic carbocycles. The molecule has 1 heterocycles. The molecule has 6 aromatic carbocycles. The summed E-state index contributed by atoms with van der Waals surface area (Å²) in [6.07, 6.45) is 0.589. The minimum Gasteiger partial charge on any atom is -0.344 e. The standard InChI is InChI=1S/C40H31N3O2/c1-28-24-30(26-35-34-20-12-13-21-38(34)43(39(28)35)33-18-10-5-11-19-33)29-22-23-37(41(2)31-14-6-3-7-15-31)36(25-29)40(45)42(27-44)32-16-8-4-9-17-32/h3-27H,1-2H3. The van der Waals surface area contributed by atoms with Gasteiger partial charge in [0.1, 0.15) is 0 Å². The summed E-state index contributed by atoms with van der Waals surface area (Å²) >= 11 is 0. The van der Waals surface area contributed by atoms with Crippen LogP contribution in [0.5, 0.6) is 0 Å². The largest absolute Gasteiger partial charge is 0.344 e. The molecule has 5 heteroatoms. The smallest absolute Gasteiger partial charge is 0.266 e. The Bertz CT molecular complexity index is 2170. The van der Waals surface area contributed by atoms with Gasteiger partial charge in [-0.25, -0.2) is 4.90 Å². The molecule has 0 fully saturated rings. The first-order valence-corrected chi connectivity index (χ1v) is 14.9. The van der Waals surface area contributed by atoms with Crippen LogP contribution in [0.15, 0.2) is 146 Å². The van der Waals surface area contributed by atoms with E-state index in [4.69, 9.17) is 0 Å². The minimum absolute atomic E-state index is 0.394. The number of carbonyl (C=O) groups excluding carboxylic acids is 2. The number of amides is 2. The lowest BCUT2D eigenvalue weighted by atomic mass is 9.96. The Kier molecular flexibility index (Phi) is 7.20. The van der Waals surface area contributed by atoms with Crippen LogP contribution < -0.4 is 9.80 Å². The molecule has 218 valence electrons. The fourth-order valence-corrected chi connectivity index (χ4v) is 6.22. The van der Waals surface area contributed by atoms with Gasteiger partial charge in [0, 0.05) is 29.2 Å². The van der Waals surface area contributed by atoms with Crippen LogP contribution >= 0.6 is 0 Å². The monoisotopic (exact) mass is 585 g/mol. The Balaban J connectivity index is 1.42. The lowest BCUT2D eigenvalue weighted by Crippen LogP contribution is -2.30. The number of hydrogen-bond donors (Lipinski definition) is 0. The van der Waals surface area contributed by atoms with Gasteiger partial charge in [-0.15, -0.1) is 0 Å². The van der Waals surface area contributed by atoms with Gasteiger partial charge in [-0.3, -0.25) is 9.59 Å². The first-order chi connectivity index (χ1) is 22.0. The van der Waals surface area contributed by atoms with Gasteiger partial charge in [0.25, 0.3) is 5.91 Å². The van der Waals surface area contributed by atoms with Crippen molar-refractivity contribution in [3.8, 4) is 16.8 Å². The van der Waals surface area contributed by atoms with Crippen molar-refractivity contribution in [2.45, 2.75) is 6.92 Å². The summed E-state index contributed by atoms with van der Waals surface area (Å²) in [5, 5.41) is 2.30. The van der Waals surface area contributed by atoms with E-state index in [1.807, 2.05) is 78.7 Å². The lowest BCUT2D eigenvalue weighted by Gasteiger charge is -2.25. The predicted octanol–water partition coefficient (Wildman–Crippen LogP) is 9.33. The van der Waals surface area contributed by atoms with Crippen LogP contribution in [0.25, 0.3) is 38.6 Å². The van der Waals surface area contributed by atoms with Crippen molar-refractivity contribution in [3.05, 3.63) is 157 Å². The van der Waals surface area contributed by atoms with Crippen molar-refractivity contribution >= 4 is 51.2 Å². The molecule has 2 amide bonds. The minimum atomic E-state index is -0.394. The van der Waals surface area contributed by atoms with Gasteiger partial charge in [-0.2, -0.15) is 0 Å². The highest BCUT2D eigenvalue weighted by Gasteiger charge is 2.24. The summed E-state index contributed by atoms with van der Waals surface area (Å²) in [5.41, 5.74) is 8.99. The molecule has 7 aromatic rings. The Morgan fingerprint density at radius 2 is 1.27 bits per heavy atom. The van der Waals surface area contributed by atoms with E-state index in [-0.39, 0.29) is 0 Å². The third kappa shape index (κ3) is 4.94. The Labute approximate surface area is 262 Å². The molecule has 0 atom stereocenters. The predicted molar refractivity (Wildman–Crippen MR) is 185 cm³/mol. The molecule has 7 rings (SSSR count). The van der Waals surface area contributed by atoms with Gasteiger partial charge in [0.2, 0.25) is 6.41 Å². The van der Waals surface area contributed by atoms with Crippen molar-refractivity contribution < 1.29 is 9.59 Å². The second-order valence-electron chi connectivity index (χ2n) is 11.1. The Morgan fingerprint density at radius 3 is 1.96 bits per heavy atom. The topological polar surface area (TPSA) is 45.6 Å². The fourth-order valence-electron chi connectivity index (χ4n) is 6.22. The summed E-state index contributed by atoms with van der Waals surface area (Å²) < 4.78 is 2.32. The van der Waals surface area contributed by atoms with Crippen molar-refractivity contribution in [1.82, 2.24) is 4.57 Å². The number of rotatable bonds is 7. The van der Waals surface area contributed by atoms with Gasteiger partial charge in [0.05, 0.1) is 28.0 Å². The molecule has 0 bridgehead atoms. The van der Waals surface area contributed by atoms with E-state index in [0.29, 0.717) is 23.3 Å². The van der Waals surface area contributed by atoms with Crippen LogP contribution in [0.3, 0.4) is 0 Å². The molecule has 0 aliphatic heterocycles. The first-order valence-electron chi connectivity index (χ1n) is 14.9. The van der Waals surface area contributed by atoms with Gasteiger partial charge >= 0.3 is 0 Å². The van der Waals surface area contributed by atoms with E-state index in [1.165, 1.54) is 4.90 Å². The van der Waals surface area contributed by atoms with Crippen LogP contribution in [-0.4, -0.2) is 23.9 Å². The average molecular weight is 586 g/mol. The van der Waals surface area contributed by atoms with Crippen molar-refractivity contribution in [1.29, 1.82) is 0 Å². The molecule has 0 spiro atoms. The summed E-state index contributed by atoms with van der Waals surface area (Å²) in [5.74, 6) is -0.394. The molecule has 0 radical (unpaired) electrons. The van der Waals surface area contributed by atoms with Gasteiger partial charge in [-0.1, -0.05) is 78.9 Å². The van der Waals surface area contributed by atoms with E-state index in [2.05, 4.69) is 78.2 Å². The number of aromatic nitrogens is 1. The van der Waals surface area contributed by atoms with E-state index in [9.17, 15) is 9.59 Å². The van der Waals surface area contributed by atoms with Crippen molar-refractivity contribution in [2.24, 2.45) is 0 Å². The third-order valence-corrected chi connectivity index (χ3v) is 8.40. The van der Waals surface area contributed by atoms with Gasteiger partial charge in [0.15, 0.2) is 0 Å². The summed E-state index contributed by atoms with van der Waals surface area (Å²) in [4.78, 5) is 29.7. The normalized spacial score (nSPS) is 11.1. The van der Waals surface area contributed by atoms with Crippen LogP contribution in [0.2, 0.25) is 0 Å². The molecule has 1 aromatic heterocycles. The SMILES string of the molecule is Cc1cc(-c2ccc(N(C)c3ccccc3)c(C(=O)N(C=O)c3ccccc3)c2)cc2c3ccccc3n(-c3ccccc3)c12. The van der Waals surface area contributed by atoms with E-state index in [0.717, 1.165) is 49.9 Å². The highest BCUT2D eigenvalue weighted by molar-refractivity contribution is 6.18. The van der Waals surface area contributed by atoms with Crippen LogP contribution in [-0.2, 0) is 4.79 Å². The maximum atomic E-state index is 14.2. The van der Waals surface area contributed by atoms with E-state index < -0.39 is 5.91 Å². The average Bonchev–Trinajstić information content (AvgIpc) is 3.44. The summed E-state index contributed by atoms with van der Waals surface area (Å²) in [7, 11) is 1.93. The summed E-state index contributed by atoms with van der Waals surface area (Å²) in [6.45, 7) is 2.14.